The lowest BCUT2D eigenvalue weighted by atomic mass is 9.79. The van der Waals surface area contributed by atoms with Crippen LogP contribution >= 0.6 is 0 Å². The number of carbonyl (C=O) groups is 4. The number of imidazole rings is 1. The van der Waals surface area contributed by atoms with E-state index in [0.717, 1.165) is 77.2 Å². The SMILES string of the molecule is COC(=O)N[C@H](C(=O)C[C@H](C1=NC=C(c2ccc(-c3ccc(-c4cnc([C@@H]5C6CCC(C6)N5C(=O)[C@@H](NC(=O)OC)C(C)C)[nH]4)cc3)cc2)C1)C1CCCC1)C(C)C. The van der Waals surface area contributed by atoms with Gasteiger partial charge >= 0.3 is 12.2 Å². The van der Waals surface area contributed by atoms with E-state index in [4.69, 9.17) is 19.5 Å². The van der Waals surface area contributed by atoms with E-state index in [1.807, 2.05) is 45.0 Å². The second-order valence-corrected chi connectivity index (χ2v) is 17.2. The van der Waals surface area contributed by atoms with Crippen LogP contribution in [-0.4, -0.2) is 76.8 Å². The number of aromatic nitrogens is 2. The van der Waals surface area contributed by atoms with Gasteiger partial charge in [0.05, 0.1) is 38.2 Å². The summed E-state index contributed by atoms with van der Waals surface area (Å²) in [4.78, 5) is 66.9. The van der Waals surface area contributed by atoms with Crippen LogP contribution in [0.2, 0.25) is 0 Å². The number of rotatable bonds is 14. The number of piperidine rings is 1. The van der Waals surface area contributed by atoms with Crippen molar-refractivity contribution in [3.63, 3.8) is 0 Å². The van der Waals surface area contributed by atoms with Crippen LogP contribution in [0.1, 0.15) is 103 Å². The number of alkyl carbamates (subject to hydrolysis) is 2. The summed E-state index contributed by atoms with van der Waals surface area (Å²) in [6.07, 6.45) is 11.2. The Morgan fingerprint density at radius 1 is 0.793 bits per heavy atom. The van der Waals surface area contributed by atoms with E-state index in [-0.39, 0.29) is 41.5 Å². The summed E-state index contributed by atoms with van der Waals surface area (Å²) in [5.41, 5.74) is 7.41. The summed E-state index contributed by atoms with van der Waals surface area (Å²) >= 11 is 0. The minimum atomic E-state index is -0.677. The zero-order valence-electron chi connectivity index (χ0n) is 34.6. The zero-order chi connectivity index (χ0) is 41.1. The highest BCUT2D eigenvalue weighted by molar-refractivity contribution is 6.02. The van der Waals surface area contributed by atoms with Crippen LogP contribution in [0.15, 0.2) is 65.9 Å². The number of nitrogens with zero attached hydrogens (tertiary/aromatic N) is 3. The maximum atomic E-state index is 13.9. The number of likely N-dealkylation sites (tertiary alicyclic amines) is 1. The van der Waals surface area contributed by atoms with E-state index in [2.05, 4.69) is 64.1 Å². The molecule has 2 saturated carbocycles. The van der Waals surface area contributed by atoms with Crippen molar-refractivity contribution >= 4 is 35.2 Å². The Morgan fingerprint density at radius 3 is 1.98 bits per heavy atom. The van der Waals surface area contributed by atoms with Crippen LogP contribution in [0.3, 0.4) is 0 Å². The fourth-order valence-corrected chi connectivity index (χ4v) is 9.79. The molecule has 4 aliphatic rings. The third-order valence-corrected chi connectivity index (χ3v) is 12.9. The van der Waals surface area contributed by atoms with Gasteiger partial charge in [0.15, 0.2) is 5.78 Å². The Hall–Kier alpha value is -5.26. The van der Waals surface area contributed by atoms with Crippen molar-refractivity contribution in [2.24, 2.45) is 34.6 Å². The minimum absolute atomic E-state index is 0.0298. The lowest BCUT2D eigenvalue weighted by Gasteiger charge is -2.37. The predicted octanol–water partition coefficient (Wildman–Crippen LogP) is 8.51. The van der Waals surface area contributed by atoms with Gasteiger partial charge < -0.3 is 30.0 Å². The molecule has 2 aliphatic carbocycles. The second-order valence-electron chi connectivity index (χ2n) is 17.2. The largest absolute Gasteiger partial charge is 0.453 e. The number of ether oxygens (including phenoxy) is 2. The summed E-state index contributed by atoms with van der Waals surface area (Å²) in [5, 5.41) is 5.52. The monoisotopic (exact) mass is 790 g/mol. The number of ketones is 1. The topological polar surface area (TPSA) is 155 Å². The number of amides is 3. The molecule has 3 fully saturated rings. The van der Waals surface area contributed by atoms with Gasteiger partial charge in [0.25, 0.3) is 0 Å². The molecule has 0 spiro atoms. The normalized spacial score (nSPS) is 21.8. The van der Waals surface area contributed by atoms with Gasteiger partial charge in [-0.05, 0) is 83.6 Å². The number of hydrogen-bond donors (Lipinski definition) is 3. The summed E-state index contributed by atoms with van der Waals surface area (Å²) in [5.74, 6) is 1.36. The Balaban J connectivity index is 1.00. The predicted molar refractivity (Wildman–Crippen MR) is 224 cm³/mol. The molecule has 12 heteroatoms. The molecule has 7 rings (SSSR count). The average molecular weight is 791 g/mol. The van der Waals surface area contributed by atoms with Gasteiger partial charge in [-0.2, -0.15) is 0 Å². The molecule has 12 nitrogen and oxygen atoms in total. The number of methoxy groups -OCH3 is 2. The van der Waals surface area contributed by atoms with E-state index in [9.17, 15) is 19.2 Å². The van der Waals surface area contributed by atoms with Crippen molar-refractivity contribution in [1.29, 1.82) is 0 Å². The van der Waals surface area contributed by atoms with E-state index in [1.54, 1.807) is 0 Å². The maximum absolute atomic E-state index is 13.9. The molecular weight excluding hydrogens is 733 g/mol. The Labute approximate surface area is 341 Å². The Bertz CT molecular complexity index is 2030. The van der Waals surface area contributed by atoms with E-state index in [1.165, 1.54) is 27.1 Å². The van der Waals surface area contributed by atoms with Gasteiger partial charge in [-0.1, -0.05) is 89.1 Å². The van der Waals surface area contributed by atoms with E-state index in [0.29, 0.717) is 24.7 Å². The van der Waals surface area contributed by atoms with Crippen molar-refractivity contribution < 1.29 is 28.7 Å². The molecule has 2 bridgehead atoms. The van der Waals surface area contributed by atoms with Crippen molar-refractivity contribution in [3.8, 4) is 22.4 Å². The van der Waals surface area contributed by atoms with Gasteiger partial charge in [0, 0.05) is 36.7 Å². The van der Waals surface area contributed by atoms with Gasteiger partial charge in [0.2, 0.25) is 5.91 Å². The van der Waals surface area contributed by atoms with Crippen LogP contribution in [0.25, 0.3) is 28.0 Å². The first-order valence-electron chi connectivity index (χ1n) is 21.0. The lowest BCUT2D eigenvalue weighted by molar-refractivity contribution is -0.139. The highest BCUT2D eigenvalue weighted by atomic mass is 16.5. The number of nitrogens with one attached hydrogen (secondary N) is 3. The number of carbonyl (C=O) groups excluding carboxylic acids is 4. The molecule has 308 valence electrons. The highest BCUT2D eigenvalue weighted by Gasteiger charge is 2.51. The quantitative estimate of drug-likeness (QED) is 0.148. The van der Waals surface area contributed by atoms with Gasteiger partial charge in [-0.15, -0.1) is 0 Å². The Morgan fingerprint density at radius 2 is 1.38 bits per heavy atom. The van der Waals surface area contributed by atoms with Crippen LogP contribution < -0.4 is 10.6 Å². The number of allylic oxidation sites excluding steroid dienone is 1. The number of hydrogen-bond acceptors (Lipinski definition) is 8. The van der Waals surface area contributed by atoms with Crippen molar-refractivity contribution in [2.45, 2.75) is 110 Å². The summed E-state index contributed by atoms with van der Waals surface area (Å²) < 4.78 is 9.63. The number of H-pyrrole nitrogens is 1. The molecule has 1 aromatic heterocycles. The van der Waals surface area contributed by atoms with Gasteiger partial charge in [-0.25, -0.2) is 14.6 Å². The molecule has 3 N–H and O–H groups in total. The molecule has 58 heavy (non-hydrogen) atoms. The molecule has 0 radical (unpaired) electrons. The molecule has 2 aromatic carbocycles. The van der Waals surface area contributed by atoms with Gasteiger partial charge in [0.1, 0.15) is 11.9 Å². The fraction of sp³-hybridized carbons (Fsp3) is 0.522. The molecule has 2 unspecified atom stereocenters. The lowest BCUT2D eigenvalue weighted by Crippen LogP contribution is -2.54. The molecule has 3 amide bonds. The molecule has 2 aliphatic heterocycles. The molecule has 6 atom stereocenters. The number of aliphatic imine (C=N–C) groups is 1. The summed E-state index contributed by atoms with van der Waals surface area (Å²) in [6.45, 7) is 7.75. The maximum Gasteiger partial charge on any atom is 0.407 e. The fourth-order valence-electron chi connectivity index (χ4n) is 9.79. The third kappa shape index (κ3) is 8.61. The van der Waals surface area contributed by atoms with Crippen LogP contribution in [0.4, 0.5) is 9.59 Å². The van der Waals surface area contributed by atoms with Crippen molar-refractivity contribution in [3.05, 3.63) is 72.3 Å². The number of fused-ring (bicyclic) bond motifs is 2. The average Bonchev–Trinajstić information content (AvgIpc) is 4.09. The first-order valence-corrected chi connectivity index (χ1v) is 21.0. The Kier molecular flexibility index (Phi) is 12.5. The van der Waals surface area contributed by atoms with Crippen LogP contribution in [0.5, 0.6) is 0 Å². The second kappa shape index (κ2) is 17.7. The number of benzene rings is 2. The van der Waals surface area contributed by atoms with Crippen molar-refractivity contribution in [2.75, 3.05) is 14.2 Å². The van der Waals surface area contributed by atoms with Crippen LogP contribution in [0, 0.1) is 29.6 Å². The number of aromatic amines is 1. The highest BCUT2D eigenvalue weighted by Crippen LogP contribution is 2.50. The number of Topliss-reactive ketones (excluding diaryl/α,β-unsaturated/α-hetero) is 1. The molecular formula is C46H58N6O6. The summed E-state index contributed by atoms with van der Waals surface area (Å²) in [6, 6.07) is 15.7. The first kappa shape index (κ1) is 40.9. The first-order chi connectivity index (χ1) is 27.9. The zero-order valence-corrected chi connectivity index (χ0v) is 34.6. The van der Waals surface area contributed by atoms with Crippen molar-refractivity contribution in [1.82, 2.24) is 25.5 Å². The molecule has 3 heterocycles. The van der Waals surface area contributed by atoms with E-state index < -0.39 is 24.3 Å². The minimum Gasteiger partial charge on any atom is -0.453 e. The molecule has 1 saturated heterocycles. The standard InChI is InChI=1S/C46H58N6O6/c1-26(2)40(50-45(55)57-5)39(53)23-36(31-9-7-8-10-31)37-22-34(24-47-37)30-13-11-28(12-14-30)29-15-17-32(18-16-29)38-25-48-43(49-38)42-33-19-20-35(21-33)52(42)44(54)41(27(3)4)51-46(56)58-6/h11-18,24-27,31,33,35-36,40-42H,7-10,19-23H2,1-6H3,(H,48,49)(H,50,55)(H,51,56)/t33?,35?,36-,40-,41-,42-/m0/s1. The molecule has 3 aromatic rings. The van der Waals surface area contributed by atoms with Crippen LogP contribution in [-0.2, 0) is 19.1 Å². The summed E-state index contributed by atoms with van der Waals surface area (Å²) in [7, 11) is 2.63. The smallest absolute Gasteiger partial charge is 0.407 e. The van der Waals surface area contributed by atoms with E-state index >= 15 is 0 Å². The third-order valence-electron chi connectivity index (χ3n) is 12.9. The van der Waals surface area contributed by atoms with Gasteiger partial charge in [-0.3, -0.25) is 14.6 Å².